The molecule has 1 amide bonds. The summed E-state index contributed by atoms with van der Waals surface area (Å²) < 4.78 is 38.9. The second-order valence-electron chi connectivity index (χ2n) is 6.17. The highest BCUT2D eigenvalue weighted by Crippen LogP contribution is 2.25. The van der Waals surface area contributed by atoms with E-state index in [-0.39, 0.29) is 0 Å². The molecule has 0 atom stereocenters. The van der Waals surface area contributed by atoms with Crippen LogP contribution in [0.4, 0.5) is 18.9 Å². The number of halogens is 3. The summed E-state index contributed by atoms with van der Waals surface area (Å²) in [6, 6.07) is 11.7. The molecule has 0 aliphatic heterocycles. The fraction of sp³-hybridized carbons (Fsp3) is 0.368. The number of unbranched alkanes of at least 4 members (excludes halogenated alkanes) is 1. The third kappa shape index (κ3) is 6.16. The van der Waals surface area contributed by atoms with Gasteiger partial charge in [-0.2, -0.15) is 13.2 Å². The molecule has 0 radical (unpaired) electrons. The highest BCUT2D eigenvalue weighted by atomic mass is 19.4. The fourth-order valence-electron chi connectivity index (χ4n) is 2.60. The van der Waals surface area contributed by atoms with Crippen LogP contribution in [0.2, 0.25) is 0 Å². The topological polar surface area (TPSA) is 54.3 Å². The average molecular weight is 381 g/mol. The number of hydrogen-bond donors (Lipinski definition) is 1. The number of nitrogens with zero attached hydrogens (tertiary/aromatic N) is 2. The second kappa shape index (κ2) is 9.25. The molecule has 0 spiro atoms. The van der Waals surface area contributed by atoms with Gasteiger partial charge in [-0.3, -0.25) is 9.59 Å². The Hall–Kier alpha value is -2.77. The van der Waals surface area contributed by atoms with Crippen LogP contribution < -0.4 is 15.8 Å². The van der Waals surface area contributed by atoms with Gasteiger partial charge in [0.05, 0.1) is 0 Å². The molecule has 1 N–H and O–H groups in total. The normalized spacial score (nSPS) is 11.3. The molecule has 146 valence electrons. The van der Waals surface area contributed by atoms with Gasteiger partial charge in [-0.15, -0.1) is 0 Å². The van der Waals surface area contributed by atoms with Crippen molar-refractivity contribution in [1.29, 1.82) is 0 Å². The maximum absolute atomic E-state index is 12.7. The number of hydrogen-bond acceptors (Lipinski definition) is 3. The zero-order valence-electron chi connectivity index (χ0n) is 15.0. The van der Waals surface area contributed by atoms with E-state index in [0.717, 1.165) is 35.7 Å². The molecule has 0 saturated heterocycles. The molecular weight excluding hydrogens is 359 g/mol. The average Bonchev–Trinajstić information content (AvgIpc) is 2.62. The molecule has 0 bridgehead atoms. The standard InChI is InChI=1S/C19H22F3N3O2/c1-24(15-8-3-2-4-9-15)12-6-5-11-23-17(26)14-25-13-7-10-16(18(25)27)19(20,21)22/h2-4,7-10,13H,5-6,11-12,14H2,1H3,(H,23,26). The molecule has 5 nitrogen and oxygen atoms in total. The molecule has 8 heteroatoms. The zero-order chi connectivity index (χ0) is 19.9. The molecule has 0 aliphatic carbocycles. The number of nitrogens with one attached hydrogen (secondary N) is 1. The molecule has 0 aliphatic rings. The molecule has 1 heterocycles. The largest absolute Gasteiger partial charge is 0.421 e. The number of para-hydroxylation sites is 1. The van der Waals surface area contributed by atoms with Gasteiger partial charge >= 0.3 is 6.18 Å². The number of anilines is 1. The van der Waals surface area contributed by atoms with Crippen LogP contribution in [-0.2, 0) is 17.5 Å². The number of alkyl halides is 3. The van der Waals surface area contributed by atoms with Crippen LogP contribution in [-0.4, -0.2) is 30.6 Å². The lowest BCUT2D eigenvalue weighted by Crippen LogP contribution is -2.35. The van der Waals surface area contributed by atoms with Crippen LogP contribution in [0.3, 0.4) is 0 Å². The van der Waals surface area contributed by atoms with E-state index in [1.807, 2.05) is 37.4 Å². The van der Waals surface area contributed by atoms with Crippen LogP contribution in [0.5, 0.6) is 0 Å². The van der Waals surface area contributed by atoms with E-state index in [2.05, 4.69) is 10.2 Å². The van der Waals surface area contributed by atoms with Crippen molar-refractivity contribution in [3.8, 4) is 0 Å². The summed E-state index contributed by atoms with van der Waals surface area (Å²) in [5.41, 5.74) is -1.39. The van der Waals surface area contributed by atoms with Crippen molar-refractivity contribution in [3.63, 3.8) is 0 Å². The molecule has 0 unspecified atom stereocenters. The van der Waals surface area contributed by atoms with Crippen LogP contribution >= 0.6 is 0 Å². The summed E-state index contributed by atoms with van der Waals surface area (Å²) in [6.45, 7) is 0.773. The highest BCUT2D eigenvalue weighted by molar-refractivity contribution is 5.75. The van der Waals surface area contributed by atoms with Crippen molar-refractivity contribution < 1.29 is 18.0 Å². The van der Waals surface area contributed by atoms with E-state index in [1.54, 1.807) is 0 Å². The second-order valence-corrected chi connectivity index (χ2v) is 6.17. The number of amides is 1. The molecule has 27 heavy (non-hydrogen) atoms. The molecule has 0 saturated carbocycles. The van der Waals surface area contributed by atoms with Gasteiger partial charge in [-0.05, 0) is 37.1 Å². The molecule has 2 aromatic rings. The Morgan fingerprint density at radius 2 is 1.81 bits per heavy atom. The van der Waals surface area contributed by atoms with Gasteiger partial charge in [0.2, 0.25) is 5.91 Å². The summed E-state index contributed by atoms with van der Waals surface area (Å²) in [7, 11) is 1.98. The molecule has 1 aromatic heterocycles. The van der Waals surface area contributed by atoms with Crippen molar-refractivity contribution in [2.75, 3.05) is 25.0 Å². The maximum Gasteiger partial charge on any atom is 0.421 e. The smallest absolute Gasteiger partial charge is 0.375 e. The summed E-state index contributed by atoms with van der Waals surface area (Å²) in [5.74, 6) is -0.493. The third-order valence-corrected chi connectivity index (χ3v) is 4.08. The van der Waals surface area contributed by atoms with Crippen LogP contribution in [0.1, 0.15) is 18.4 Å². The highest BCUT2D eigenvalue weighted by Gasteiger charge is 2.34. The van der Waals surface area contributed by atoms with Crippen LogP contribution in [0.25, 0.3) is 0 Å². The lowest BCUT2D eigenvalue weighted by atomic mass is 10.2. The summed E-state index contributed by atoms with van der Waals surface area (Å²) in [5, 5.41) is 2.63. The van der Waals surface area contributed by atoms with Gasteiger partial charge in [0, 0.05) is 32.0 Å². The number of aromatic nitrogens is 1. The van der Waals surface area contributed by atoms with Crippen LogP contribution in [0.15, 0.2) is 53.5 Å². The van der Waals surface area contributed by atoms with Crippen molar-refractivity contribution in [2.45, 2.75) is 25.6 Å². The van der Waals surface area contributed by atoms with E-state index in [9.17, 15) is 22.8 Å². The Morgan fingerprint density at radius 1 is 1.11 bits per heavy atom. The first kappa shape index (κ1) is 20.5. The SMILES string of the molecule is CN(CCCCNC(=O)Cn1cccc(C(F)(F)F)c1=O)c1ccccc1. The molecule has 0 fully saturated rings. The Kier molecular flexibility index (Phi) is 7.04. The fourth-order valence-corrected chi connectivity index (χ4v) is 2.60. The van der Waals surface area contributed by atoms with Crippen molar-refractivity contribution in [2.24, 2.45) is 0 Å². The predicted octanol–water partition coefficient (Wildman–Crippen LogP) is 2.90. The monoisotopic (exact) mass is 381 g/mol. The lowest BCUT2D eigenvalue weighted by Gasteiger charge is -2.19. The molecule has 1 aromatic carbocycles. The van der Waals surface area contributed by atoms with Crippen molar-refractivity contribution in [3.05, 3.63) is 64.6 Å². The zero-order valence-corrected chi connectivity index (χ0v) is 15.0. The minimum absolute atomic E-state index is 0.398. The van der Waals surface area contributed by atoms with Gasteiger partial charge in [0.25, 0.3) is 5.56 Å². The predicted molar refractivity (Wildman–Crippen MR) is 97.7 cm³/mol. The lowest BCUT2D eigenvalue weighted by molar-refractivity contribution is -0.139. The summed E-state index contributed by atoms with van der Waals surface area (Å²) >= 11 is 0. The quantitative estimate of drug-likeness (QED) is 0.716. The Morgan fingerprint density at radius 3 is 2.48 bits per heavy atom. The Labute approximate surface area is 155 Å². The van der Waals surface area contributed by atoms with Gasteiger partial charge in [-0.25, -0.2) is 0 Å². The maximum atomic E-state index is 12.7. The van der Waals surface area contributed by atoms with Gasteiger partial charge in [0.15, 0.2) is 0 Å². The number of carbonyl (C=O) groups is 1. The minimum Gasteiger partial charge on any atom is -0.375 e. The number of benzene rings is 1. The summed E-state index contributed by atoms with van der Waals surface area (Å²) in [4.78, 5) is 25.8. The van der Waals surface area contributed by atoms with E-state index in [4.69, 9.17) is 0 Å². The van der Waals surface area contributed by atoms with E-state index < -0.39 is 29.8 Å². The first-order valence-corrected chi connectivity index (χ1v) is 8.58. The Balaban J connectivity index is 1.75. The number of carbonyl (C=O) groups excluding carboxylic acids is 1. The summed E-state index contributed by atoms with van der Waals surface area (Å²) in [6.07, 6.45) is -2.00. The molecule has 2 rings (SSSR count). The number of rotatable bonds is 8. The number of pyridine rings is 1. The van der Waals surface area contributed by atoms with Crippen molar-refractivity contribution >= 4 is 11.6 Å². The first-order valence-electron chi connectivity index (χ1n) is 8.58. The minimum atomic E-state index is -4.73. The molecular formula is C19H22F3N3O2. The van der Waals surface area contributed by atoms with E-state index >= 15 is 0 Å². The van der Waals surface area contributed by atoms with Crippen molar-refractivity contribution in [1.82, 2.24) is 9.88 Å². The van der Waals surface area contributed by atoms with Gasteiger partial charge in [0.1, 0.15) is 12.1 Å². The Bertz CT molecular complexity index is 804. The van der Waals surface area contributed by atoms with Crippen LogP contribution in [0, 0.1) is 0 Å². The van der Waals surface area contributed by atoms with E-state index in [0.29, 0.717) is 12.6 Å². The van der Waals surface area contributed by atoms with Gasteiger partial charge in [-0.1, -0.05) is 18.2 Å². The third-order valence-electron chi connectivity index (χ3n) is 4.08. The van der Waals surface area contributed by atoms with Gasteiger partial charge < -0.3 is 14.8 Å². The first-order chi connectivity index (χ1) is 12.8. The van der Waals surface area contributed by atoms with E-state index in [1.165, 1.54) is 6.20 Å².